The van der Waals surface area contributed by atoms with Crippen LogP contribution >= 0.6 is 23.1 Å². The summed E-state index contributed by atoms with van der Waals surface area (Å²) in [5.41, 5.74) is 8.59. The molecule has 0 spiro atoms. The first-order chi connectivity index (χ1) is 17.9. The minimum absolute atomic E-state index is 0.0329. The number of rotatable bonds is 7. The highest BCUT2D eigenvalue weighted by molar-refractivity contribution is 7.99. The molecule has 37 heavy (non-hydrogen) atoms. The van der Waals surface area contributed by atoms with E-state index in [9.17, 15) is 25.4 Å². The van der Waals surface area contributed by atoms with Gasteiger partial charge in [0.1, 0.15) is 28.5 Å². The quantitative estimate of drug-likeness (QED) is 0.173. The van der Waals surface area contributed by atoms with Crippen molar-refractivity contribution < 1.29 is 19.2 Å². The predicted molar refractivity (Wildman–Crippen MR) is 136 cm³/mol. The summed E-state index contributed by atoms with van der Waals surface area (Å²) in [6, 6.07) is 8.89. The molecule has 4 rings (SSSR count). The van der Waals surface area contributed by atoms with Crippen molar-refractivity contribution in [1.82, 2.24) is 4.98 Å². The largest absolute Gasteiger partial charge is 0.463 e. The van der Waals surface area contributed by atoms with Gasteiger partial charge in [-0.2, -0.15) is 10.5 Å². The fraction of sp³-hybridized carbons (Fsp3) is 0.360. The molecule has 190 valence electrons. The van der Waals surface area contributed by atoms with Crippen LogP contribution in [0.4, 0.5) is 5.00 Å². The number of esters is 1. The third-order valence-electron chi connectivity index (χ3n) is 6.05. The van der Waals surface area contributed by atoms with Crippen LogP contribution in [-0.2, 0) is 27.1 Å². The monoisotopic (exact) mass is 537 g/mol. The van der Waals surface area contributed by atoms with Gasteiger partial charge in [0, 0.05) is 16.6 Å². The van der Waals surface area contributed by atoms with E-state index in [1.165, 1.54) is 23.9 Å². The minimum atomic E-state index is -0.984. The molecule has 2 aromatic rings. The highest BCUT2D eigenvalue weighted by Crippen LogP contribution is 2.44. The van der Waals surface area contributed by atoms with Gasteiger partial charge in [-0.25, -0.2) is 9.78 Å². The topological polar surface area (TPSA) is 165 Å². The lowest BCUT2D eigenvalue weighted by molar-refractivity contribution is -0.380. The second kappa shape index (κ2) is 11.5. The normalized spacial score (nSPS) is 17.2. The van der Waals surface area contributed by atoms with Crippen LogP contribution in [0.5, 0.6) is 0 Å². The SMILES string of the molecule is CCOC(=O)C1=C(CSc2nc3c(cc2C#N)CCCCC3)OC(N)=C(C#N)[C@H]1c1ccc([N+](=O)[O-])s1. The fourth-order valence-corrected chi connectivity index (χ4v) is 6.21. The Labute approximate surface area is 221 Å². The van der Waals surface area contributed by atoms with Crippen molar-refractivity contribution in [3.8, 4) is 12.1 Å². The number of fused-ring (bicyclic) bond motifs is 1. The number of nitriles is 2. The number of hydrogen-bond acceptors (Lipinski definition) is 11. The van der Waals surface area contributed by atoms with E-state index in [-0.39, 0.29) is 40.1 Å². The van der Waals surface area contributed by atoms with Crippen molar-refractivity contribution >= 4 is 34.1 Å². The number of nitro groups is 1. The molecular formula is C25H23N5O5S2. The first-order valence-corrected chi connectivity index (χ1v) is 13.5. The Hall–Kier alpha value is -3.87. The molecule has 1 aliphatic carbocycles. The zero-order chi connectivity index (χ0) is 26.5. The Morgan fingerprint density at radius 1 is 1.32 bits per heavy atom. The molecule has 1 atom stereocenters. The summed E-state index contributed by atoms with van der Waals surface area (Å²) in [5.74, 6) is -1.65. The van der Waals surface area contributed by atoms with Crippen LogP contribution in [0.2, 0.25) is 0 Å². The highest BCUT2D eigenvalue weighted by Gasteiger charge is 2.39. The molecule has 0 saturated carbocycles. The maximum Gasteiger partial charge on any atom is 0.338 e. The summed E-state index contributed by atoms with van der Waals surface area (Å²) in [5, 5.41) is 31.2. The van der Waals surface area contributed by atoms with E-state index >= 15 is 0 Å². The van der Waals surface area contributed by atoms with Crippen LogP contribution in [0.25, 0.3) is 0 Å². The Morgan fingerprint density at radius 3 is 2.78 bits per heavy atom. The number of nitrogens with two attached hydrogens (primary N) is 1. The van der Waals surface area contributed by atoms with Crippen molar-refractivity contribution in [2.24, 2.45) is 5.73 Å². The smallest absolute Gasteiger partial charge is 0.338 e. The van der Waals surface area contributed by atoms with Crippen molar-refractivity contribution in [2.75, 3.05) is 12.4 Å². The van der Waals surface area contributed by atoms with Gasteiger partial charge in [-0.1, -0.05) is 29.5 Å². The van der Waals surface area contributed by atoms with Crippen LogP contribution in [0.15, 0.2) is 46.0 Å². The van der Waals surface area contributed by atoms with Gasteiger partial charge < -0.3 is 15.2 Å². The lowest BCUT2D eigenvalue weighted by Crippen LogP contribution is -2.26. The van der Waals surface area contributed by atoms with Gasteiger partial charge in [-0.15, -0.1) is 0 Å². The van der Waals surface area contributed by atoms with Gasteiger partial charge in [0.05, 0.1) is 34.3 Å². The van der Waals surface area contributed by atoms with Gasteiger partial charge in [-0.05, 0) is 50.3 Å². The van der Waals surface area contributed by atoms with E-state index in [0.717, 1.165) is 54.7 Å². The Morgan fingerprint density at radius 2 is 2.11 bits per heavy atom. The number of nitrogens with zero attached hydrogens (tertiary/aromatic N) is 4. The Kier molecular flexibility index (Phi) is 8.11. The molecule has 12 heteroatoms. The van der Waals surface area contributed by atoms with Crippen LogP contribution in [-0.4, -0.2) is 28.2 Å². The zero-order valence-corrected chi connectivity index (χ0v) is 21.6. The van der Waals surface area contributed by atoms with Crippen LogP contribution in [0.3, 0.4) is 0 Å². The molecule has 0 saturated heterocycles. The molecule has 0 fully saturated rings. The van der Waals surface area contributed by atoms with E-state index in [0.29, 0.717) is 15.5 Å². The van der Waals surface area contributed by atoms with Crippen LogP contribution in [0.1, 0.15) is 53.8 Å². The molecule has 3 heterocycles. The number of carbonyl (C=O) groups excluding carboxylic acids is 1. The lowest BCUT2D eigenvalue weighted by atomic mass is 9.87. The molecular weight excluding hydrogens is 514 g/mol. The number of pyridine rings is 1. The van der Waals surface area contributed by atoms with Crippen LogP contribution < -0.4 is 5.73 Å². The molecule has 2 aliphatic rings. The Balaban J connectivity index is 1.76. The van der Waals surface area contributed by atoms with E-state index < -0.39 is 16.8 Å². The third kappa shape index (κ3) is 5.45. The summed E-state index contributed by atoms with van der Waals surface area (Å²) in [4.78, 5) is 29.0. The van der Waals surface area contributed by atoms with Crippen molar-refractivity contribution in [1.29, 1.82) is 10.5 Å². The number of aryl methyl sites for hydroxylation is 2. The third-order valence-corrected chi connectivity index (χ3v) is 8.14. The standard InChI is InChI=1S/C25H23N5O5S2/c1-2-34-25(31)22-18(13-36-24-15(11-26)10-14-6-4-3-5-7-17(14)29-24)35-23(28)16(12-27)21(22)19-8-9-20(37-19)30(32)33/h8-10,21H,2-7,13,28H2,1H3/t21-/m0/s1. The molecule has 0 radical (unpaired) electrons. The molecule has 0 unspecified atom stereocenters. The first-order valence-electron chi connectivity index (χ1n) is 11.6. The van der Waals surface area contributed by atoms with Crippen molar-refractivity contribution in [3.05, 3.63) is 72.8 Å². The molecule has 2 aromatic heterocycles. The molecule has 0 amide bonds. The average Bonchev–Trinajstić information content (AvgIpc) is 3.26. The number of hydrogen-bond donors (Lipinski definition) is 1. The number of thiophene rings is 1. The minimum Gasteiger partial charge on any atom is -0.463 e. The molecule has 0 aromatic carbocycles. The summed E-state index contributed by atoms with van der Waals surface area (Å²) < 4.78 is 11.0. The fourth-order valence-electron chi connectivity index (χ4n) is 4.35. The predicted octanol–water partition coefficient (Wildman–Crippen LogP) is 4.61. The first kappa shape index (κ1) is 26.2. The zero-order valence-electron chi connectivity index (χ0n) is 20.0. The maximum atomic E-state index is 13.1. The number of allylic oxidation sites excluding steroid dienone is 1. The van der Waals surface area contributed by atoms with E-state index in [4.69, 9.17) is 20.2 Å². The molecule has 10 nitrogen and oxygen atoms in total. The molecule has 1 aliphatic heterocycles. The van der Waals surface area contributed by atoms with Gasteiger partial charge >= 0.3 is 11.0 Å². The van der Waals surface area contributed by atoms with Gasteiger partial charge in [-0.3, -0.25) is 10.1 Å². The second-order valence-electron chi connectivity index (χ2n) is 8.32. The van der Waals surface area contributed by atoms with Gasteiger partial charge in [0.25, 0.3) is 0 Å². The van der Waals surface area contributed by atoms with Gasteiger partial charge in [0.15, 0.2) is 0 Å². The van der Waals surface area contributed by atoms with E-state index in [1.54, 1.807) is 6.92 Å². The summed E-state index contributed by atoms with van der Waals surface area (Å²) in [6.45, 7) is 1.72. The highest BCUT2D eigenvalue weighted by atomic mass is 32.2. The number of carbonyl (C=O) groups is 1. The molecule has 0 bridgehead atoms. The van der Waals surface area contributed by atoms with Crippen molar-refractivity contribution in [3.63, 3.8) is 0 Å². The van der Waals surface area contributed by atoms with Crippen molar-refractivity contribution in [2.45, 2.75) is 50.0 Å². The van der Waals surface area contributed by atoms with Gasteiger partial charge in [0.2, 0.25) is 5.88 Å². The summed E-state index contributed by atoms with van der Waals surface area (Å²) in [6.07, 6.45) is 4.92. The average molecular weight is 538 g/mol. The lowest BCUT2D eigenvalue weighted by Gasteiger charge is -2.27. The summed E-state index contributed by atoms with van der Waals surface area (Å²) in [7, 11) is 0. The number of ether oxygens (including phenoxy) is 2. The molecule has 2 N–H and O–H groups in total. The Bertz CT molecular complexity index is 1400. The maximum absolute atomic E-state index is 13.1. The van der Waals surface area contributed by atoms with Crippen LogP contribution in [0, 0.1) is 32.8 Å². The summed E-state index contributed by atoms with van der Waals surface area (Å²) >= 11 is 2.07. The van der Waals surface area contributed by atoms with E-state index in [2.05, 4.69) is 6.07 Å². The van der Waals surface area contributed by atoms with E-state index in [1.807, 2.05) is 12.1 Å². The second-order valence-corrected chi connectivity index (χ2v) is 10.4. The number of aromatic nitrogens is 1. The number of thioether (sulfide) groups is 1.